The van der Waals surface area contributed by atoms with Crippen LogP contribution in [0.2, 0.25) is 0 Å². The van der Waals surface area contributed by atoms with E-state index >= 15 is 0 Å². The van der Waals surface area contributed by atoms with Crippen molar-refractivity contribution in [2.75, 3.05) is 13.2 Å². The Morgan fingerprint density at radius 2 is 2.07 bits per heavy atom. The first-order chi connectivity index (χ1) is 7.24. The maximum absolute atomic E-state index is 12.8. The zero-order valence-electron chi connectivity index (χ0n) is 9.00. The highest BCUT2D eigenvalue weighted by atomic mass is 19.1. The van der Waals surface area contributed by atoms with E-state index in [1.54, 1.807) is 6.07 Å². The average molecular weight is 212 g/mol. The quantitative estimate of drug-likeness (QED) is 0.734. The van der Waals surface area contributed by atoms with E-state index in [1.165, 1.54) is 12.1 Å². The number of ether oxygens (including phenoxy) is 1. The molecule has 1 rings (SSSR count). The van der Waals surface area contributed by atoms with E-state index in [0.29, 0.717) is 6.61 Å². The van der Waals surface area contributed by atoms with Gasteiger partial charge in [0.05, 0.1) is 6.61 Å². The second kappa shape index (κ2) is 6.40. The van der Waals surface area contributed by atoms with Gasteiger partial charge in [0.15, 0.2) is 0 Å². The summed E-state index contributed by atoms with van der Waals surface area (Å²) in [5, 5.41) is 8.57. The summed E-state index contributed by atoms with van der Waals surface area (Å²) in [6.45, 7) is 2.67. The fraction of sp³-hybridized carbons (Fsp3) is 0.500. The Morgan fingerprint density at radius 1 is 1.27 bits per heavy atom. The molecule has 0 aromatic heterocycles. The van der Waals surface area contributed by atoms with Crippen molar-refractivity contribution >= 4 is 0 Å². The minimum absolute atomic E-state index is 0.232. The van der Waals surface area contributed by atoms with Crippen LogP contribution in [-0.2, 0) is 0 Å². The molecule has 0 saturated heterocycles. The molecule has 0 amide bonds. The lowest BCUT2D eigenvalue weighted by molar-refractivity contribution is 0.265. The van der Waals surface area contributed by atoms with Crippen LogP contribution in [0.5, 0.6) is 5.75 Å². The third kappa shape index (κ3) is 4.30. The molecule has 0 saturated carbocycles. The molecule has 0 spiro atoms. The van der Waals surface area contributed by atoms with Crippen LogP contribution in [0.1, 0.15) is 24.8 Å². The standard InChI is InChI=1S/C12H17FO2/c1-10-9-11(13)5-6-12(10)15-8-4-2-3-7-14/h5-6,9,14H,2-4,7-8H2,1H3. The van der Waals surface area contributed by atoms with Crippen LogP contribution in [-0.4, -0.2) is 18.3 Å². The summed E-state index contributed by atoms with van der Waals surface area (Å²) in [5.41, 5.74) is 0.817. The lowest BCUT2D eigenvalue weighted by atomic mass is 10.2. The summed E-state index contributed by atoms with van der Waals surface area (Å²) in [7, 11) is 0. The first-order valence-corrected chi connectivity index (χ1v) is 5.24. The molecule has 2 nitrogen and oxygen atoms in total. The molecule has 0 heterocycles. The van der Waals surface area contributed by atoms with Crippen molar-refractivity contribution in [3.05, 3.63) is 29.6 Å². The Labute approximate surface area is 89.7 Å². The SMILES string of the molecule is Cc1cc(F)ccc1OCCCCCO. The van der Waals surface area contributed by atoms with Crippen molar-refractivity contribution < 1.29 is 14.2 Å². The van der Waals surface area contributed by atoms with Crippen molar-refractivity contribution in [2.24, 2.45) is 0 Å². The van der Waals surface area contributed by atoms with Crippen LogP contribution in [0.25, 0.3) is 0 Å². The Hall–Kier alpha value is -1.09. The predicted molar refractivity (Wildman–Crippen MR) is 57.6 cm³/mol. The van der Waals surface area contributed by atoms with Crippen molar-refractivity contribution in [1.82, 2.24) is 0 Å². The van der Waals surface area contributed by atoms with Crippen molar-refractivity contribution in [1.29, 1.82) is 0 Å². The Morgan fingerprint density at radius 3 is 2.73 bits per heavy atom. The Kier molecular flexibility index (Phi) is 5.12. The number of hydrogen-bond acceptors (Lipinski definition) is 2. The van der Waals surface area contributed by atoms with Crippen molar-refractivity contribution in [2.45, 2.75) is 26.2 Å². The van der Waals surface area contributed by atoms with Crippen LogP contribution in [0, 0.1) is 12.7 Å². The summed E-state index contributed by atoms with van der Waals surface area (Å²) in [6, 6.07) is 4.51. The van der Waals surface area contributed by atoms with Gasteiger partial charge in [0, 0.05) is 6.61 Å². The molecule has 84 valence electrons. The zero-order chi connectivity index (χ0) is 11.1. The molecule has 0 aliphatic rings. The fourth-order valence-corrected chi connectivity index (χ4v) is 1.35. The molecule has 1 aromatic rings. The minimum atomic E-state index is -0.236. The Balaban J connectivity index is 2.31. The van der Waals surface area contributed by atoms with Gasteiger partial charge in [0.1, 0.15) is 11.6 Å². The number of aliphatic hydroxyl groups is 1. The van der Waals surface area contributed by atoms with Crippen molar-refractivity contribution in [3.8, 4) is 5.75 Å². The van der Waals surface area contributed by atoms with E-state index < -0.39 is 0 Å². The highest BCUT2D eigenvalue weighted by Gasteiger charge is 2.00. The van der Waals surface area contributed by atoms with Gasteiger partial charge < -0.3 is 9.84 Å². The van der Waals surface area contributed by atoms with E-state index in [1.807, 2.05) is 6.92 Å². The number of unbranched alkanes of at least 4 members (excludes halogenated alkanes) is 2. The van der Waals surface area contributed by atoms with E-state index in [0.717, 1.165) is 30.6 Å². The molecule has 0 aliphatic carbocycles. The topological polar surface area (TPSA) is 29.5 Å². The van der Waals surface area contributed by atoms with Crippen LogP contribution in [0.15, 0.2) is 18.2 Å². The highest BCUT2D eigenvalue weighted by Crippen LogP contribution is 2.18. The number of aryl methyl sites for hydroxylation is 1. The molecule has 0 aliphatic heterocycles. The molecule has 1 aromatic carbocycles. The molecule has 0 radical (unpaired) electrons. The molecule has 0 unspecified atom stereocenters. The van der Waals surface area contributed by atoms with Crippen LogP contribution in [0.4, 0.5) is 4.39 Å². The molecule has 0 bridgehead atoms. The molecule has 0 atom stereocenters. The molecule has 3 heteroatoms. The fourth-order valence-electron chi connectivity index (χ4n) is 1.35. The zero-order valence-corrected chi connectivity index (χ0v) is 9.00. The summed E-state index contributed by atoms with van der Waals surface area (Å²) < 4.78 is 18.2. The van der Waals surface area contributed by atoms with Gasteiger partial charge in [-0.15, -0.1) is 0 Å². The lowest BCUT2D eigenvalue weighted by Crippen LogP contribution is -1.99. The maximum Gasteiger partial charge on any atom is 0.123 e. The summed E-state index contributed by atoms with van der Waals surface area (Å²) >= 11 is 0. The average Bonchev–Trinajstić information content (AvgIpc) is 2.20. The first kappa shape index (κ1) is 12.0. The van der Waals surface area contributed by atoms with Gasteiger partial charge in [0.2, 0.25) is 0 Å². The molecule has 0 fully saturated rings. The van der Waals surface area contributed by atoms with E-state index in [9.17, 15) is 4.39 Å². The van der Waals surface area contributed by atoms with Gasteiger partial charge in [0.25, 0.3) is 0 Å². The van der Waals surface area contributed by atoms with Gasteiger partial charge in [-0.25, -0.2) is 4.39 Å². The molecular formula is C12H17FO2. The van der Waals surface area contributed by atoms with Gasteiger partial charge in [-0.05, 0) is 49.9 Å². The van der Waals surface area contributed by atoms with Gasteiger partial charge >= 0.3 is 0 Å². The number of halogens is 1. The van der Waals surface area contributed by atoms with E-state index in [4.69, 9.17) is 9.84 Å². The third-order valence-corrected chi connectivity index (χ3v) is 2.20. The largest absolute Gasteiger partial charge is 0.493 e. The monoisotopic (exact) mass is 212 g/mol. The number of rotatable bonds is 6. The van der Waals surface area contributed by atoms with Crippen LogP contribution in [0.3, 0.4) is 0 Å². The summed E-state index contributed by atoms with van der Waals surface area (Å²) in [6.07, 6.45) is 2.68. The normalized spacial score (nSPS) is 10.3. The molecule has 15 heavy (non-hydrogen) atoms. The minimum Gasteiger partial charge on any atom is -0.493 e. The molecule has 1 N–H and O–H groups in total. The summed E-state index contributed by atoms with van der Waals surface area (Å²) in [5.74, 6) is 0.500. The summed E-state index contributed by atoms with van der Waals surface area (Å²) in [4.78, 5) is 0. The van der Waals surface area contributed by atoms with Crippen LogP contribution < -0.4 is 4.74 Å². The predicted octanol–water partition coefficient (Wildman–Crippen LogP) is 2.68. The molecular weight excluding hydrogens is 195 g/mol. The number of hydrogen-bond donors (Lipinski definition) is 1. The first-order valence-electron chi connectivity index (χ1n) is 5.24. The smallest absolute Gasteiger partial charge is 0.123 e. The maximum atomic E-state index is 12.8. The van der Waals surface area contributed by atoms with Gasteiger partial charge in [-0.3, -0.25) is 0 Å². The second-order valence-electron chi connectivity index (χ2n) is 3.54. The van der Waals surface area contributed by atoms with E-state index in [2.05, 4.69) is 0 Å². The Bertz CT molecular complexity index is 300. The van der Waals surface area contributed by atoms with Crippen molar-refractivity contribution in [3.63, 3.8) is 0 Å². The van der Waals surface area contributed by atoms with Crippen LogP contribution >= 0.6 is 0 Å². The van der Waals surface area contributed by atoms with Gasteiger partial charge in [-0.2, -0.15) is 0 Å². The van der Waals surface area contributed by atoms with E-state index in [-0.39, 0.29) is 12.4 Å². The third-order valence-electron chi connectivity index (χ3n) is 2.20. The second-order valence-corrected chi connectivity index (χ2v) is 3.54. The van der Waals surface area contributed by atoms with Gasteiger partial charge in [-0.1, -0.05) is 0 Å². The number of aliphatic hydroxyl groups excluding tert-OH is 1. The lowest BCUT2D eigenvalue weighted by Gasteiger charge is -2.08. The highest BCUT2D eigenvalue weighted by molar-refractivity contribution is 5.32. The number of benzene rings is 1.